The van der Waals surface area contributed by atoms with Gasteiger partial charge in [0.2, 0.25) is 0 Å². The molecule has 1 heterocycles. The quantitative estimate of drug-likeness (QED) is 0.790. The molecule has 3 aromatic rings. The van der Waals surface area contributed by atoms with E-state index in [0.29, 0.717) is 11.1 Å². The molecule has 0 aliphatic rings. The monoisotopic (exact) mass is 342 g/mol. The van der Waals surface area contributed by atoms with Gasteiger partial charge in [-0.25, -0.2) is 8.78 Å². The summed E-state index contributed by atoms with van der Waals surface area (Å²) in [5.41, 5.74) is 0.532. The minimum Gasteiger partial charge on any atom is -0.335 e. The van der Waals surface area contributed by atoms with E-state index in [2.05, 4.69) is 4.98 Å². The molecule has 0 saturated carbocycles. The predicted octanol–water partition coefficient (Wildman–Crippen LogP) is 3.64. The van der Waals surface area contributed by atoms with E-state index in [0.717, 1.165) is 12.1 Å². The second-order valence-electron chi connectivity index (χ2n) is 5.84. The van der Waals surface area contributed by atoms with Crippen LogP contribution in [0.15, 0.2) is 53.5 Å². The Bertz CT molecular complexity index is 999. The Morgan fingerprint density at radius 3 is 2.32 bits per heavy atom. The van der Waals surface area contributed by atoms with Gasteiger partial charge in [0.25, 0.3) is 11.5 Å². The molecular weight excluding hydrogens is 326 g/mol. The first-order valence-electron chi connectivity index (χ1n) is 7.72. The predicted molar refractivity (Wildman–Crippen MR) is 91.4 cm³/mol. The third-order valence-electron chi connectivity index (χ3n) is 4.35. The molecule has 0 aliphatic carbocycles. The third kappa shape index (κ3) is 3.03. The standard InChI is InChI=1S/C19H16F2N2O2/c1-11(23(2)19(25)12-6-4-3-5-7-12)15-10-22-18(24)14-9-17(21)16(20)8-13(14)15/h3-11H,1-2H3,(H,22,24)/t11-/m0/s1. The van der Waals surface area contributed by atoms with Crippen molar-refractivity contribution >= 4 is 16.7 Å². The van der Waals surface area contributed by atoms with E-state index in [1.54, 1.807) is 38.2 Å². The Kier molecular flexibility index (Phi) is 4.35. The van der Waals surface area contributed by atoms with Crippen LogP contribution in [0, 0.1) is 11.6 Å². The molecule has 0 aliphatic heterocycles. The molecule has 6 heteroatoms. The van der Waals surface area contributed by atoms with Gasteiger partial charge < -0.3 is 9.88 Å². The Balaban J connectivity index is 2.07. The van der Waals surface area contributed by atoms with Crippen LogP contribution in [0.25, 0.3) is 10.8 Å². The lowest BCUT2D eigenvalue weighted by Crippen LogP contribution is -2.30. The third-order valence-corrected chi connectivity index (χ3v) is 4.35. The zero-order chi connectivity index (χ0) is 18.1. The summed E-state index contributed by atoms with van der Waals surface area (Å²) in [6.07, 6.45) is 1.43. The fourth-order valence-electron chi connectivity index (χ4n) is 2.79. The van der Waals surface area contributed by atoms with Gasteiger partial charge >= 0.3 is 0 Å². The SMILES string of the molecule is C[C@@H](c1c[nH]c(=O)c2cc(F)c(F)cc12)N(C)C(=O)c1ccccc1. The molecule has 1 N–H and O–H groups in total. The van der Waals surface area contributed by atoms with Crippen LogP contribution in [0.1, 0.15) is 28.9 Å². The number of hydrogen-bond acceptors (Lipinski definition) is 2. The maximum absolute atomic E-state index is 13.7. The van der Waals surface area contributed by atoms with Crippen LogP contribution in [0.2, 0.25) is 0 Å². The van der Waals surface area contributed by atoms with E-state index >= 15 is 0 Å². The lowest BCUT2D eigenvalue weighted by Gasteiger charge is -2.26. The molecule has 25 heavy (non-hydrogen) atoms. The highest BCUT2D eigenvalue weighted by molar-refractivity contribution is 5.94. The Morgan fingerprint density at radius 2 is 1.68 bits per heavy atom. The van der Waals surface area contributed by atoms with Crippen LogP contribution in [-0.2, 0) is 0 Å². The highest BCUT2D eigenvalue weighted by atomic mass is 19.2. The molecular formula is C19H16F2N2O2. The van der Waals surface area contributed by atoms with E-state index in [-0.39, 0.29) is 16.7 Å². The number of hydrogen-bond donors (Lipinski definition) is 1. The Hall–Kier alpha value is -3.02. The highest BCUT2D eigenvalue weighted by Crippen LogP contribution is 2.27. The van der Waals surface area contributed by atoms with Crippen molar-refractivity contribution in [3.8, 4) is 0 Å². The van der Waals surface area contributed by atoms with Crippen molar-refractivity contribution in [1.82, 2.24) is 9.88 Å². The second kappa shape index (κ2) is 6.47. The van der Waals surface area contributed by atoms with Crippen LogP contribution < -0.4 is 5.56 Å². The zero-order valence-corrected chi connectivity index (χ0v) is 13.7. The second-order valence-corrected chi connectivity index (χ2v) is 5.84. The Morgan fingerprint density at radius 1 is 1.08 bits per heavy atom. The number of benzene rings is 2. The lowest BCUT2D eigenvalue weighted by atomic mass is 10.0. The number of amides is 1. The molecule has 0 bridgehead atoms. The van der Waals surface area contributed by atoms with E-state index in [1.165, 1.54) is 11.1 Å². The lowest BCUT2D eigenvalue weighted by molar-refractivity contribution is 0.0743. The summed E-state index contributed by atoms with van der Waals surface area (Å²) in [6, 6.07) is 10.1. The van der Waals surface area contributed by atoms with Gasteiger partial charge in [-0.15, -0.1) is 0 Å². The number of rotatable bonds is 3. The van der Waals surface area contributed by atoms with Gasteiger partial charge in [0.1, 0.15) is 0 Å². The molecule has 3 rings (SSSR count). The van der Waals surface area contributed by atoms with Gasteiger partial charge in [0.05, 0.1) is 11.4 Å². The van der Waals surface area contributed by atoms with E-state index < -0.39 is 23.2 Å². The van der Waals surface area contributed by atoms with Gasteiger partial charge in [0.15, 0.2) is 11.6 Å². The maximum Gasteiger partial charge on any atom is 0.255 e. The molecule has 1 amide bonds. The number of aromatic nitrogens is 1. The van der Waals surface area contributed by atoms with Crippen LogP contribution in [0.3, 0.4) is 0 Å². The zero-order valence-electron chi connectivity index (χ0n) is 13.7. The van der Waals surface area contributed by atoms with Gasteiger partial charge in [0, 0.05) is 18.8 Å². The van der Waals surface area contributed by atoms with Crippen molar-refractivity contribution in [2.45, 2.75) is 13.0 Å². The molecule has 0 spiro atoms. The van der Waals surface area contributed by atoms with Crippen molar-refractivity contribution in [2.24, 2.45) is 0 Å². The van der Waals surface area contributed by atoms with E-state index in [9.17, 15) is 18.4 Å². The van der Waals surface area contributed by atoms with Crippen molar-refractivity contribution in [3.05, 3.63) is 81.8 Å². The van der Waals surface area contributed by atoms with Gasteiger partial charge in [-0.3, -0.25) is 9.59 Å². The fraction of sp³-hybridized carbons (Fsp3) is 0.158. The highest BCUT2D eigenvalue weighted by Gasteiger charge is 2.22. The van der Waals surface area contributed by atoms with Crippen molar-refractivity contribution in [2.75, 3.05) is 7.05 Å². The normalized spacial score (nSPS) is 12.2. The van der Waals surface area contributed by atoms with Gasteiger partial charge in [-0.1, -0.05) is 18.2 Å². The number of carbonyl (C=O) groups is 1. The first kappa shape index (κ1) is 16.8. The summed E-state index contributed by atoms with van der Waals surface area (Å²) >= 11 is 0. The number of fused-ring (bicyclic) bond motifs is 1. The van der Waals surface area contributed by atoms with Crippen LogP contribution in [0.5, 0.6) is 0 Å². The van der Waals surface area contributed by atoms with Crippen molar-refractivity contribution in [1.29, 1.82) is 0 Å². The van der Waals surface area contributed by atoms with Crippen LogP contribution in [0.4, 0.5) is 8.78 Å². The molecule has 0 unspecified atom stereocenters. The van der Waals surface area contributed by atoms with Crippen molar-refractivity contribution < 1.29 is 13.6 Å². The molecule has 0 fully saturated rings. The fourth-order valence-corrected chi connectivity index (χ4v) is 2.79. The summed E-state index contributed by atoms with van der Waals surface area (Å²) < 4.78 is 27.2. The van der Waals surface area contributed by atoms with E-state index in [1.807, 2.05) is 6.07 Å². The largest absolute Gasteiger partial charge is 0.335 e. The number of nitrogens with zero attached hydrogens (tertiary/aromatic N) is 1. The minimum absolute atomic E-state index is 0.0452. The number of aromatic amines is 1. The Labute approximate surface area is 142 Å². The average Bonchev–Trinajstić information content (AvgIpc) is 2.62. The summed E-state index contributed by atoms with van der Waals surface area (Å²) in [7, 11) is 1.62. The van der Waals surface area contributed by atoms with Gasteiger partial charge in [-0.05, 0) is 42.1 Å². The smallest absolute Gasteiger partial charge is 0.255 e. The van der Waals surface area contributed by atoms with E-state index in [4.69, 9.17) is 0 Å². The number of H-pyrrole nitrogens is 1. The molecule has 0 saturated heterocycles. The molecule has 2 aromatic carbocycles. The summed E-state index contributed by atoms with van der Waals surface area (Å²) in [5.74, 6) is -2.34. The molecule has 1 atom stereocenters. The molecule has 0 radical (unpaired) electrons. The molecule has 128 valence electrons. The van der Waals surface area contributed by atoms with Gasteiger partial charge in [-0.2, -0.15) is 0 Å². The molecule has 4 nitrogen and oxygen atoms in total. The average molecular weight is 342 g/mol. The van der Waals surface area contributed by atoms with Crippen LogP contribution >= 0.6 is 0 Å². The van der Waals surface area contributed by atoms with Crippen LogP contribution in [-0.4, -0.2) is 22.8 Å². The number of halogens is 2. The summed E-state index contributed by atoms with van der Waals surface area (Å²) in [6.45, 7) is 1.76. The summed E-state index contributed by atoms with van der Waals surface area (Å²) in [5, 5.41) is 0.326. The first-order valence-corrected chi connectivity index (χ1v) is 7.72. The summed E-state index contributed by atoms with van der Waals surface area (Å²) in [4.78, 5) is 28.5. The number of carbonyl (C=O) groups excluding carboxylic acids is 1. The number of nitrogens with one attached hydrogen (secondary N) is 1. The first-order chi connectivity index (χ1) is 11.9. The maximum atomic E-state index is 13.7. The topological polar surface area (TPSA) is 53.2 Å². The molecule has 1 aromatic heterocycles. The number of pyridine rings is 1. The minimum atomic E-state index is -1.09. The van der Waals surface area contributed by atoms with Crippen molar-refractivity contribution in [3.63, 3.8) is 0 Å².